The van der Waals surface area contributed by atoms with Crippen molar-refractivity contribution in [1.82, 2.24) is 0 Å². The van der Waals surface area contributed by atoms with Gasteiger partial charge in [-0.15, -0.1) is 0 Å². The van der Waals surface area contributed by atoms with Gasteiger partial charge in [0.1, 0.15) is 5.69 Å². The Morgan fingerprint density at radius 3 is 1.75 bits per heavy atom. The highest BCUT2D eigenvalue weighted by molar-refractivity contribution is 6.14. The number of nitro benzene ring substituents is 2. The number of benzene rings is 3. The van der Waals surface area contributed by atoms with E-state index in [0.29, 0.717) is 11.4 Å². The standard InChI is InChI=1S/C19H14N4O5/c20-18-16(11-15(22(25)26)12-17(18)23(27)28)19(24)21(13-7-3-1-4-8-13)14-9-5-2-6-10-14/h1-12H,20H2. The van der Waals surface area contributed by atoms with Crippen molar-refractivity contribution in [3.05, 3.63) is 98.6 Å². The van der Waals surface area contributed by atoms with Crippen LogP contribution in [0.5, 0.6) is 0 Å². The topological polar surface area (TPSA) is 133 Å². The van der Waals surface area contributed by atoms with Crippen LogP contribution in [0.3, 0.4) is 0 Å². The van der Waals surface area contributed by atoms with Gasteiger partial charge in [0.05, 0.1) is 21.5 Å². The maximum Gasteiger partial charge on any atom is 0.299 e. The highest BCUT2D eigenvalue weighted by atomic mass is 16.6. The molecule has 3 aromatic carbocycles. The molecule has 0 aliphatic carbocycles. The summed E-state index contributed by atoms with van der Waals surface area (Å²) in [4.78, 5) is 35.4. The Kier molecular flexibility index (Phi) is 4.99. The van der Waals surface area contributed by atoms with Crippen LogP contribution in [-0.2, 0) is 0 Å². The van der Waals surface area contributed by atoms with Crippen LogP contribution in [0.25, 0.3) is 0 Å². The van der Waals surface area contributed by atoms with Gasteiger partial charge in [-0.25, -0.2) is 0 Å². The van der Waals surface area contributed by atoms with Gasteiger partial charge in [0, 0.05) is 17.4 Å². The summed E-state index contributed by atoms with van der Waals surface area (Å²) < 4.78 is 0. The fraction of sp³-hybridized carbons (Fsp3) is 0. The molecule has 0 heterocycles. The van der Waals surface area contributed by atoms with Crippen molar-refractivity contribution < 1.29 is 14.6 Å². The number of carbonyl (C=O) groups is 1. The predicted octanol–water partition coefficient (Wildman–Crippen LogP) is 4.06. The molecule has 2 N–H and O–H groups in total. The predicted molar refractivity (Wildman–Crippen MR) is 104 cm³/mol. The number of nitro groups is 2. The lowest BCUT2D eigenvalue weighted by Gasteiger charge is -2.23. The fourth-order valence-corrected chi connectivity index (χ4v) is 2.71. The molecule has 140 valence electrons. The Morgan fingerprint density at radius 1 is 0.821 bits per heavy atom. The first kappa shape index (κ1) is 18.5. The molecule has 0 atom stereocenters. The van der Waals surface area contributed by atoms with Crippen LogP contribution in [0.15, 0.2) is 72.8 Å². The number of para-hydroxylation sites is 2. The van der Waals surface area contributed by atoms with Crippen LogP contribution in [0.4, 0.5) is 28.4 Å². The van der Waals surface area contributed by atoms with E-state index in [9.17, 15) is 25.0 Å². The first-order valence-electron chi connectivity index (χ1n) is 8.07. The Hall–Kier alpha value is -4.27. The van der Waals surface area contributed by atoms with E-state index in [1.54, 1.807) is 60.7 Å². The molecule has 1 amide bonds. The molecule has 9 heteroatoms. The Labute approximate surface area is 158 Å². The van der Waals surface area contributed by atoms with E-state index >= 15 is 0 Å². The number of nitrogens with zero attached hydrogens (tertiary/aromatic N) is 3. The molecule has 0 bridgehead atoms. The fourth-order valence-electron chi connectivity index (χ4n) is 2.71. The summed E-state index contributed by atoms with van der Waals surface area (Å²) in [5.41, 5.74) is 4.75. The largest absolute Gasteiger partial charge is 0.392 e. The number of hydrogen-bond donors (Lipinski definition) is 1. The number of anilines is 3. The van der Waals surface area contributed by atoms with Crippen molar-refractivity contribution >= 4 is 34.3 Å². The van der Waals surface area contributed by atoms with Gasteiger partial charge in [-0.2, -0.15) is 0 Å². The lowest BCUT2D eigenvalue weighted by atomic mass is 10.1. The zero-order valence-corrected chi connectivity index (χ0v) is 14.4. The highest BCUT2D eigenvalue weighted by Crippen LogP contribution is 2.34. The quantitative estimate of drug-likeness (QED) is 0.404. The smallest absolute Gasteiger partial charge is 0.299 e. The number of hydrogen-bond acceptors (Lipinski definition) is 6. The Morgan fingerprint density at radius 2 is 1.32 bits per heavy atom. The van der Waals surface area contributed by atoms with E-state index in [2.05, 4.69) is 0 Å². The second-order valence-electron chi connectivity index (χ2n) is 5.75. The maximum absolute atomic E-state index is 13.3. The van der Waals surface area contributed by atoms with E-state index in [1.165, 1.54) is 4.90 Å². The third-order valence-electron chi connectivity index (χ3n) is 4.01. The summed E-state index contributed by atoms with van der Waals surface area (Å²) in [6.07, 6.45) is 0. The van der Waals surface area contributed by atoms with E-state index < -0.39 is 32.8 Å². The molecule has 0 aliphatic rings. The number of amides is 1. The summed E-state index contributed by atoms with van der Waals surface area (Å²) in [6, 6.07) is 18.8. The van der Waals surface area contributed by atoms with Gasteiger partial charge < -0.3 is 5.73 Å². The normalized spacial score (nSPS) is 10.3. The molecule has 0 radical (unpaired) electrons. The van der Waals surface area contributed by atoms with Crippen LogP contribution < -0.4 is 10.6 Å². The third kappa shape index (κ3) is 3.49. The zero-order chi connectivity index (χ0) is 20.3. The van der Waals surface area contributed by atoms with Crippen molar-refractivity contribution in [2.45, 2.75) is 0 Å². The molecule has 3 rings (SSSR count). The van der Waals surface area contributed by atoms with Crippen molar-refractivity contribution in [2.75, 3.05) is 10.6 Å². The SMILES string of the molecule is Nc1c(C(=O)N(c2ccccc2)c2ccccc2)cc([N+](=O)[O-])cc1[N+](=O)[O-]. The van der Waals surface area contributed by atoms with E-state index in [4.69, 9.17) is 5.73 Å². The second kappa shape index (κ2) is 7.54. The molecule has 0 aromatic heterocycles. The van der Waals surface area contributed by atoms with Gasteiger partial charge in [-0.05, 0) is 24.3 Å². The average molecular weight is 378 g/mol. The molecular formula is C19H14N4O5. The molecular weight excluding hydrogens is 364 g/mol. The highest BCUT2D eigenvalue weighted by Gasteiger charge is 2.29. The van der Waals surface area contributed by atoms with Gasteiger partial charge in [0.25, 0.3) is 17.3 Å². The van der Waals surface area contributed by atoms with E-state index in [1.807, 2.05) is 0 Å². The first-order valence-corrected chi connectivity index (χ1v) is 8.07. The first-order chi connectivity index (χ1) is 13.4. The second-order valence-corrected chi connectivity index (χ2v) is 5.75. The number of carbonyl (C=O) groups excluding carboxylic acids is 1. The van der Waals surface area contributed by atoms with Gasteiger partial charge in [-0.1, -0.05) is 36.4 Å². The molecule has 0 aliphatic heterocycles. The van der Waals surface area contributed by atoms with Gasteiger partial charge in [0.2, 0.25) is 0 Å². The summed E-state index contributed by atoms with van der Waals surface area (Å²) >= 11 is 0. The lowest BCUT2D eigenvalue weighted by molar-refractivity contribution is -0.393. The van der Waals surface area contributed by atoms with Gasteiger partial charge in [0.15, 0.2) is 0 Å². The van der Waals surface area contributed by atoms with E-state index in [0.717, 1.165) is 12.1 Å². The van der Waals surface area contributed by atoms with Gasteiger partial charge >= 0.3 is 0 Å². The van der Waals surface area contributed by atoms with Gasteiger partial charge in [-0.3, -0.25) is 29.9 Å². The number of non-ortho nitro benzene ring substituents is 1. The minimum absolute atomic E-state index is 0.325. The molecule has 0 saturated carbocycles. The van der Waals surface area contributed by atoms with Crippen molar-refractivity contribution in [3.63, 3.8) is 0 Å². The van der Waals surface area contributed by atoms with Crippen LogP contribution in [0, 0.1) is 20.2 Å². The summed E-state index contributed by atoms with van der Waals surface area (Å²) in [5.74, 6) is -0.721. The summed E-state index contributed by atoms with van der Waals surface area (Å²) in [5, 5.41) is 22.4. The van der Waals surface area contributed by atoms with E-state index in [-0.39, 0.29) is 5.56 Å². The molecule has 3 aromatic rings. The molecule has 0 unspecified atom stereocenters. The number of rotatable bonds is 5. The third-order valence-corrected chi connectivity index (χ3v) is 4.01. The van der Waals surface area contributed by atoms with Crippen molar-refractivity contribution in [3.8, 4) is 0 Å². The minimum atomic E-state index is -0.853. The zero-order valence-electron chi connectivity index (χ0n) is 14.4. The monoisotopic (exact) mass is 378 g/mol. The maximum atomic E-state index is 13.3. The molecule has 0 fully saturated rings. The van der Waals surface area contributed by atoms with Crippen LogP contribution in [0.2, 0.25) is 0 Å². The summed E-state index contributed by atoms with van der Waals surface area (Å²) in [7, 11) is 0. The van der Waals surface area contributed by atoms with Crippen molar-refractivity contribution in [1.29, 1.82) is 0 Å². The lowest BCUT2D eigenvalue weighted by Crippen LogP contribution is -2.27. The summed E-state index contributed by atoms with van der Waals surface area (Å²) in [6.45, 7) is 0. The average Bonchev–Trinajstić information content (AvgIpc) is 2.69. The molecule has 0 spiro atoms. The molecule has 9 nitrogen and oxygen atoms in total. The van der Waals surface area contributed by atoms with Crippen LogP contribution in [0.1, 0.15) is 10.4 Å². The minimum Gasteiger partial charge on any atom is -0.392 e. The Bertz CT molecular complexity index is 1020. The number of nitrogens with two attached hydrogens (primary N) is 1. The molecule has 28 heavy (non-hydrogen) atoms. The van der Waals surface area contributed by atoms with Crippen molar-refractivity contribution in [2.24, 2.45) is 0 Å². The number of nitrogen functional groups attached to an aromatic ring is 1. The Balaban J connectivity index is 2.22. The van der Waals surface area contributed by atoms with Crippen LogP contribution >= 0.6 is 0 Å². The van der Waals surface area contributed by atoms with Crippen LogP contribution in [-0.4, -0.2) is 15.8 Å². The molecule has 0 saturated heterocycles.